The van der Waals surface area contributed by atoms with E-state index in [1.807, 2.05) is 62.4 Å². The lowest BCUT2D eigenvalue weighted by molar-refractivity contribution is 0.0857. The molecule has 0 fully saturated rings. The molecule has 1 N–H and O–H groups in total. The van der Waals surface area contributed by atoms with Gasteiger partial charge >= 0.3 is 0 Å². The minimum Gasteiger partial charge on any atom is -0.494 e. The van der Waals surface area contributed by atoms with Gasteiger partial charge in [-0.2, -0.15) is 0 Å². The van der Waals surface area contributed by atoms with Gasteiger partial charge < -0.3 is 19.5 Å². The van der Waals surface area contributed by atoms with Crippen molar-refractivity contribution < 1.29 is 19.0 Å². The van der Waals surface area contributed by atoms with Crippen molar-refractivity contribution in [3.05, 3.63) is 59.7 Å². The zero-order valence-corrected chi connectivity index (χ0v) is 17.6. The first kappa shape index (κ1) is 22.9. The summed E-state index contributed by atoms with van der Waals surface area (Å²) in [5.74, 6) is 0.645. The molecule has 0 atom stereocenters. The fourth-order valence-corrected chi connectivity index (χ4v) is 2.84. The van der Waals surface area contributed by atoms with Crippen molar-refractivity contribution in [2.75, 3.05) is 38.4 Å². The highest BCUT2D eigenvalue weighted by molar-refractivity contribution is 6.04. The first-order valence-corrected chi connectivity index (χ1v) is 10.5. The maximum Gasteiger partial charge on any atom is 0.255 e. The molecule has 0 aromatic heterocycles. The third-order valence-electron chi connectivity index (χ3n) is 4.36. The number of nitrogens with one attached hydrogen (secondary N) is 1. The van der Waals surface area contributed by atoms with Crippen molar-refractivity contribution in [2.24, 2.45) is 0 Å². The molecule has 0 heterocycles. The van der Waals surface area contributed by atoms with Crippen LogP contribution in [0.5, 0.6) is 5.75 Å². The number of ether oxygens (including phenoxy) is 3. The molecule has 2 aromatic carbocycles. The van der Waals surface area contributed by atoms with E-state index in [1.54, 1.807) is 0 Å². The van der Waals surface area contributed by atoms with Gasteiger partial charge in [-0.3, -0.25) is 4.79 Å². The smallest absolute Gasteiger partial charge is 0.255 e. The van der Waals surface area contributed by atoms with Gasteiger partial charge in [-0.05, 0) is 63.8 Å². The van der Waals surface area contributed by atoms with Crippen LogP contribution in [0.15, 0.2) is 48.5 Å². The molecular formula is C24H33NO4. The van der Waals surface area contributed by atoms with Crippen LogP contribution in [0.3, 0.4) is 0 Å². The van der Waals surface area contributed by atoms with Gasteiger partial charge in [0.05, 0.1) is 6.61 Å². The van der Waals surface area contributed by atoms with E-state index in [0.29, 0.717) is 12.2 Å². The normalized spacial score (nSPS) is 10.7. The third-order valence-corrected chi connectivity index (χ3v) is 4.36. The van der Waals surface area contributed by atoms with Crippen molar-refractivity contribution in [1.29, 1.82) is 0 Å². The number of amides is 1. The minimum absolute atomic E-state index is 0.118. The largest absolute Gasteiger partial charge is 0.494 e. The molecule has 0 aliphatic carbocycles. The van der Waals surface area contributed by atoms with Gasteiger partial charge in [-0.15, -0.1) is 0 Å². The van der Waals surface area contributed by atoms with E-state index >= 15 is 0 Å². The number of hydrogen-bond donors (Lipinski definition) is 1. The molecule has 0 bridgehead atoms. The highest BCUT2D eigenvalue weighted by Crippen LogP contribution is 2.19. The number of benzene rings is 2. The number of carbonyl (C=O) groups excluding carboxylic acids is 1. The Balaban J connectivity index is 1.61. The summed E-state index contributed by atoms with van der Waals surface area (Å²) in [5.41, 5.74) is 2.44. The van der Waals surface area contributed by atoms with Crippen LogP contribution < -0.4 is 10.1 Å². The maximum absolute atomic E-state index is 12.4. The zero-order valence-electron chi connectivity index (χ0n) is 17.6. The molecule has 0 aliphatic rings. The van der Waals surface area contributed by atoms with Crippen LogP contribution in [0, 0.1) is 6.92 Å². The Morgan fingerprint density at radius 2 is 1.62 bits per heavy atom. The second-order valence-corrected chi connectivity index (χ2v) is 6.92. The number of hydrogen-bond acceptors (Lipinski definition) is 4. The van der Waals surface area contributed by atoms with Crippen LogP contribution in [0.2, 0.25) is 0 Å². The monoisotopic (exact) mass is 399 g/mol. The molecule has 2 aromatic rings. The summed E-state index contributed by atoms with van der Waals surface area (Å²) in [7, 11) is 0. The Labute approximate surface area is 174 Å². The van der Waals surface area contributed by atoms with E-state index < -0.39 is 0 Å². The van der Waals surface area contributed by atoms with Gasteiger partial charge in [0.2, 0.25) is 0 Å². The Kier molecular flexibility index (Phi) is 10.9. The molecule has 5 heteroatoms. The molecule has 5 nitrogen and oxygen atoms in total. The van der Waals surface area contributed by atoms with Gasteiger partial charge in [0.15, 0.2) is 0 Å². The highest BCUT2D eigenvalue weighted by Gasteiger charge is 2.06. The van der Waals surface area contributed by atoms with E-state index in [-0.39, 0.29) is 5.91 Å². The molecule has 0 radical (unpaired) electrons. The minimum atomic E-state index is -0.118. The third kappa shape index (κ3) is 9.59. The van der Waals surface area contributed by atoms with Crippen LogP contribution in [0.1, 0.15) is 48.5 Å². The molecule has 0 aliphatic heterocycles. The molecule has 29 heavy (non-hydrogen) atoms. The standard InChI is InChI=1S/C24H33NO4/c1-3-27-15-9-16-28-14-5-4-6-17-29-23-13-8-12-22(19-23)25-24(26)21-11-7-10-20(2)18-21/h7-8,10-13,18-19H,3-6,9,14-17H2,1-2H3,(H,25,26). The first-order valence-electron chi connectivity index (χ1n) is 10.5. The number of rotatable bonds is 14. The SMILES string of the molecule is CCOCCCOCCCCCOc1cccc(NC(=O)c2cccc(C)c2)c1. The van der Waals surface area contributed by atoms with E-state index in [1.165, 1.54) is 0 Å². The van der Waals surface area contributed by atoms with Crippen molar-refractivity contribution in [3.63, 3.8) is 0 Å². The predicted molar refractivity (Wildman–Crippen MR) is 117 cm³/mol. The second kappa shape index (κ2) is 13.7. The van der Waals surface area contributed by atoms with Gasteiger partial charge in [-0.1, -0.05) is 23.8 Å². The lowest BCUT2D eigenvalue weighted by atomic mass is 10.1. The van der Waals surface area contributed by atoms with E-state index in [9.17, 15) is 4.79 Å². The number of anilines is 1. The fourth-order valence-electron chi connectivity index (χ4n) is 2.84. The van der Waals surface area contributed by atoms with Crippen molar-refractivity contribution in [1.82, 2.24) is 0 Å². The Bertz CT molecular complexity index is 732. The molecule has 158 valence electrons. The number of unbranched alkanes of at least 4 members (excludes halogenated alkanes) is 2. The maximum atomic E-state index is 12.4. The fraction of sp³-hybridized carbons (Fsp3) is 0.458. The van der Waals surface area contributed by atoms with Gasteiger partial charge in [-0.25, -0.2) is 0 Å². The van der Waals surface area contributed by atoms with Crippen LogP contribution >= 0.6 is 0 Å². The van der Waals surface area contributed by atoms with Crippen molar-refractivity contribution in [3.8, 4) is 5.75 Å². The van der Waals surface area contributed by atoms with Gasteiger partial charge in [0, 0.05) is 43.7 Å². The van der Waals surface area contributed by atoms with Gasteiger partial charge in [0.1, 0.15) is 5.75 Å². The quantitative estimate of drug-likeness (QED) is 0.441. The summed E-state index contributed by atoms with van der Waals surface area (Å²) in [6.45, 7) is 7.71. The molecule has 2 rings (SSSR count). The predicted octanol–water partition coefficient (Wildman–Crippen LogP) is 5.24. The Morgan fingerprint density at radius 3 is 2.45 bits per heavy atom. The average Bonchev–Trinajstić information content (AvgIpc) is 2.72. The average molecular weight is 400 g/mol. The topological polar surface area (TPSA) is 56.8 Å². The summed E-state index contributed by atoms with van der Waals surface area (Å²) in [4.78, 5) is 12.4. The molecule has 1 amide bonds. The summed E-state index contributed by atoms with van der Waals surface area (Å²) >= 11 is 0. The number of aryl methyl sites for hydroxylation is 1. The van der Waals surface area contributed by atoms with Crippen LogP contribution in [0.25, 0.3) is 0 Å². The Morgan fingerprint density at radius 1 is 0.862 bits per heavy atom. The highest BCUT2D eigenvalue weighted by atomic mass is 16.5. The van der Waals surface area contributed by atoms with E-state index in [4.69, 9.17) is 14.2 Å². The lowest BCUT2D eigenvalue weighted by Gasteiger charge is -2.10. The Hall–Kier alpha value is -2.37. The summed E-state index contributed by atoms with van der Waals surface area (Å²) in [5, 5.41) is 2.92. The molecule has 0 unspecified atom stereocenters. The molecule has 0 spiro atoms. The zero-order chi connectivity index (χ0) is 20.7. The first-order chi connectivity index (χ1) is 14.2. The van der Waals surface area contributed by atoms with E-state index in [2.05, 4.69) is 5.32 Å². The number of carbonyl (C=O) groups is 1. The van der Waals surface area contributed by atoms with Gasteiger partial charge in [0.25, 0.3) is 5.91 Å². The second-order valence-electron chi connectivity index (χ2n) is 6.92. The van der Waals surface area contributed by atoms with Crippen LogP contribution in [0.4, 0.5) is 5.69 Å². The van der Waals surface area contributed by atoms with Crippen molar-refractivity contribution in [2.45, 2.75) is 39.5 Å². The summed E-state index contributed by atoms with van der Waals surface area (Å²) in [6.07, 6.45) is 4.02. The molecule has 0 saturated carbocycles. The van der Waals surface area contributed by atoms with E-state index in [0.717, 1.165) is 69.1 Å². The molecule has 0 saturated heterocycles. The van der Waals surface area contributed by atoms with Crippen LogP contribution in [-0.2, 0) is 9.47 Å². The summed E-state index contributed by atoms with van der Waals surface area (Å²) < 4.78 is 16.7. The van der Waals surface area contributed by atoms with Crippen LogP contribution in [-0.4, -0.2) is 38.9 Å². The lowest BCUT2D eigenvalue weighted by Crippen LogP contribution is -2.12. The van der Waals surface area contributed by atoms with Crippen molar-refractivity contribution >= 4 is 11.6 Å². The molecular weight excluding hydrogens is 366 g/mol. The summed E-state index contributed by atoms with van der Waals surface area (Å²) in [6, 6.07) is 15.1.